The highest BCUT2D eigenvalue weighted by Gasteiger charge is 2.13. The summed E-state index contributed by atoms with van der Waals surface area (Å²) in [6, 6.07) is 14.0. The Hall–Kier alpha value is -1.91. The first-order valence-electron chi connectivity index (χ1n) is 6.80. The van der Waals surface area contributed by atoms with Crippen LogP contribution in [0, 0.1) is 0 Å². The molecule has 0 spiro atoms. The molecule has 1 amide bonds. The number of nitrogens with one attached hydrogen (secondary N) is 1. The number of rotatable bonds is 6. The molecule has 0 saturated carbocycles. The van der Waals surface area contributed by atoms with Gasteiger partial charge in [-0.2, -0.15) is 0 Å². The maximum absolute atomic E-state index is 11.7. The van der Waals surface area contributed by atoms with Gasteiger partial charge >= 0.3 is 0 Å². The normalized spacial score (nSPS) is 12.3. The van der Waals surface area contributed by atoms with Crippen molar-refractivity contribution in [1.29, 1.82) is 0 Å². The van der Waals surface area contributed by atoms with Gasteiger partial charge in [0.15, 0.2) is 0 Å². The summed E-state index contributed by atoms with van der Waals surface area (Å²) in [5.74, 6) is -0.143. The lowest BCUT2D eigenvalue weighted by Crippen LogP contribution is -2.35. The summed E-state index contributed by atoms with van der Waals surface area (Å²) in [6.07, 6.45) is 0. The molecule has 4 nitrogen and oxygen atoms in total. The predicted molar refractivity (Wildman–Crippen MR) is 80.4 cm³/mol. The van der Waals surface area contributed by atoms with Crippen LogP contribution in [-0.4, -0.2) is 25.7 Å². The monoisotopic (exact) mass is 272 g/mol. The van der Waals surface area contributed by atoms with E-state index in [1.807, 2.05) is 31.2 Å². The van der Waals surface area contributed by atoms with Gasteiger partial charge in [-0.3, -0.25) is 4.79 Å². The number of ether oxygens (including phenoxy) is 1. The van der Waals surface area contributed by atoms with Crippen LogP contribution in [0.2, 0.25) is 0 Å². The van der Waals surface area contributed by atoms with E-state index in [4.69, 9.17) is 10.5 Å². The van der Waals surface area contributed by atoms with E-state index in [1.54, 1.807) is 0 Å². The van der Waals surface area contributed by atoms with E-state index >= 15 is 0 Å². The van der Waals surface area contributed by atoms with Crippen LogP contribution < -0.4 is 11.1 Å². The topological polar surface area (TPSA) is 64.3 Å². The van der Waals surface area contributed by atoms with E-state index in [9.17, 15) is 4.79 Å². The molecular formula is C16H20N2O2. The molecule has 2 aromatic carbocycles. The van der Waals surface area contributed by atoms with Crippen LogP contribution >= 0.6 is 0 Å². The molecule has 4 heteroatoms. The first kappa shape index (κ1) is 14.5. The summed E-state index contributed by atoms with van der Waals surface area (Å²) >= 11 is 0. The van der Waals surface area contributed by atoms with Crippen LogP contribution in [0.15, 0.2) is 42.5 Å². The zero-order valence-corrected chi connectivity index (χ0v) is 11.6. The van der Waals surface area contributed by atoms with Crippen LogP contribution in [0.1, 0.15) is 18.5 Å². The molecule has 0 fully saturated rings. The van der Waals surface area contributed by atoms with Gasteiger partial charge in [0.25, 0.3) is 0 Å². The number of hydrogen-bond donors (Lipinski definition) is 2. The molecule has 0 heterocycles. The van der Waals surface area contributed by atoms with Crippen molar-refractivity contribution in [3.63, 3.8) is 0 Å². The van der Waals surface area contributed by atoms with E-state index in [-0.39, 0.29) is 18.6 Å². The molecule has 0 aliphatic rings. The maximum Gasteiger partial charge on any atom is 0.246 e. The minimum atomic E-state index is -0.187. The summed E-state index contributed by atoms with van der Waals surface area (Å²) in [5.41, 5.74) is 6.78. The Morgan fingerprint density at radius 1 is 1.25 bits per heavy atom. The molecule has 20 heavy (non-hydrogen) atoms. The summed E-state index contributed by atoms with van der Waals surface area (Å²) < 4.78 is 5.09. The highest BCUT2D eigenvalue weighted by atomic mass is 16.5. The second kappa shape index (κ2) is 7.03. The number of hydrogen-bond acceptors (Lipinski definition) is 3. The third kappa shape index (κ3) is 3.56. The van der Waals surface area contributed by atoms with Crippen molar-refractivity contribution >= 4 is 16.7 Å². The Kier molecular flexibility index (Phi) is 5.09. The number of benzene rings is 2. The van der Waals surface area contributed by atoms with Gasteiger partial charge in [-0.25, -0.2) is 0 Å². The highest BCUT2D eigenvalue weighted by molar-refractivity contribution is 5.83. The van der Waals surface area contributed by atoms with Gasteiger partial charge in [-0.15, -0.1) is 0 Å². The minimum absolute atomic E-state index is 0.0700. The molecule has 0 aliphatic carbocycles. The molecule has 0 radical (unpaired) electrons. The van der Waals surface area contributed by atoms with Crippen molar-refractivity contribution < 1.29 is 9.53 Å². The lowest BCUT2D eigenvalue weighted by atomic mass is 10.0. The van der Waals surface area contributed by atoms with Crippen LogP contribution in [-0.2, 0) is 9.53 Å². The molecule has 2 aromatic rings. The molecule has 0 bridgehead atoms. The molecule has 0 aliphatic heterocycles. The molecule has 1 atom stereocenters. The van der Waals surface area contributed by atoms with Crippen LogP contribution in [0.3, 0.4) is 0 Å². The maximum atomic E-state index is 11.7. The number of carbonyl (C=O) groups excluding carboxylic acids is 1. The fourth-order valence-electron chi connectivity index (χ4n) is 2.13. The van der Waals surface area contributed by atoms with Gasteiger partial charge in [0, 0.05) is 13.2 Å². The number of amides is 1. The molecule has 3 N–H and O–H groups in total. The largest absolute Gasteiger partial charge is 0.372 e. The fourth-order valence-corrected chi connectivity index (χ4v) is 2.13. The van der Waals surface area contributed by atoms with Crippen molar-refractivity contribution in [3.8, 4) is 0 Å². The average Bonchev–Trinajstić information content (AvgIpc) is 2.50. The summed E-state index contributed by atoms with van der Waals surface area (Å²) in [4.78, 5) is 11.7. The van der Waals surface area contributed by atoms with Crippen LogP contribution in [0.5, 0.6) is 0 Å². The first-order valence-corrected chi connectivity index (χ1v) is 6.80. The van der Waals surface area contributed by atoms with Gasteiger partial charge in [0.2, 0.25) is 5.91 Å². The van der Waals surface area contributed by atoms with Gasteiger partial charge in [-0.1, -0.05) is 36.4 Å². The van der Waals surface area contributed by atoms with Crippen molar-refractivity contribution in [2.24, 2.45) is 5.73 Å². The van der Waals surface area contributed by atoms with Crippen molar-refractivity contribution in [2.45, 2.75) is 13.0 Å². The number of nitrogens with two attached hydrogens (primary N) is 1. The van der Waals surface area contributed by atoms with Gasteiger partial charge in [0.05, 0.1) is 6.04 Å². The highest BCUT2D eigenvalue weighted by Crippen LogP contribution is 2.20. The molecule has 0 aromatic heterocycles. The Bertz CT molecular complexity index is 583. The number of fused-ring (bicyclic) bond motifs is 1. The smallest absolute Gasteiger partial charge is 0.246 e. The van der Waals surface area contributed by atoms with E-state index < -0.39 is 0 Å². The first-order chi connectivity index (χ1) is 9.74. The summed E-state index contributed by atoms with van der Waals surface area (Å²) in [6.45, 7) is 2.81. The van der Waals surface area contributed by atoms with Crippen molar-refractivity contribution in [3.05, 3.63) is 48.0 Å². The molecule has 2 rings (SSSR count). The Morgan fingerprint density at radius 3 is 2.70 bits per heavy atom. The fraction of sp³-hybridized carbons (Fsp3) is 0.312. The third-order valence-corrected chi connectivity index (χ3v) is 3.18. The standard InChI is InChI=1S/C16H20N2O2/c1-2-20-11-16(19)18-15(10-17)14-8-7-12-5-3-4-6-13(12)9-14/h3-9,15H,2,10-11,17H2,1H3,(H,18,19). The Labute approximate surface area is 118 Å². The molecule has 0 saturated heterocycles. The van der Waals surface area contributed by atoms with Gasteiger partial charge in [-0.05, 0) is 29.3 Å². The second-order valence-electron chi connectivity index (χ2n) is 4.60. The Balaban J connectivity index is 2.14. The van der Waals surface area contributed by atoms with E-state index in [0.717, 1.165) is 10.9 Å². The molecule has 1 unspecified atom stereocenters. The zero-order chi connectivity index (χ0) is 14.4. The Morgan fingerprint density at radius 2 is 2.00 bits per heavy atom. The second-order valence-corrected chi connectivity index (χ2v) is 4.60. The van der Waals surface area contributed by atoms with Crippen LogP contribution in [0.25, 0.3) is 10.8 Å². The van der Waals surface area contributed by atoms with E-state index in [1.165, 1.54) is 5.39 Å². The van der Waals surface area contributed by atoms with Crippen molar-refractivity contribution in [1.82, 2.24) is 5.32 Å². The third-order valence-electron chi connectivity index (χ3n) is 3.18. The number of carbonyl (C=O) groups is 1. The zero-order valence-electron chi connectivity index (χ0n) is 11.6. The van der Waals surface area contributed by atoms with Crippen molar-refractivity contribution in [2.75, 3.05) is 19.8 Å². The lowest BCUT2D eigenvalue weighted by Gasteiger charge is -2.18. The SMILES string of the molecule is CCOCC(=O)NC(CN)c1ccc2ccccc2c1. The van der Waals surface area contributed by atoms with Gasteiger partial charge in [0.1, 0.15) is 6.61 Å². The summed E-state index contributed by atoms with van der Waals surface area (Å²) in [7, 11) is 0. The lowest BCUT2D eigenvalue weighted by molar-refractivity contribution is -0.126. The molecular weight excluding hydrogens is 252 g/mol. The predicted octanol–water partition coefficient (Wildman–Crippen LogP) is 1.99. The van der Waals surface area contributed by atoms with Gasteiger partial charge < -0.3 is 15.8 Å². The quantitative estimate of drug-likeness (QED) is 0.845. The molecule has 106 valence electrons. The summed E-state index contributed by atoms with van der Waals surface area (Å²) in [5, 5.41) is 5.21. The van der Waals surface area contributed by atoms with E-state index in [0.29, 0.717) is 13.2 Å². The van der Waals surface area contributed by atoms with E-state index in [2.05, 4.69) is 23.5 Å². The average molecular weight is 272 g/mol. The van der Waals surface area contributed by atoms with Crippen LogP contribution in [0.4, 0.5) is 0 Å². The minimum Gasteiger partial charge on any atom is -0.372 e.